The molecule has 1 amide bonds. The predicted octanol–water partition coefficient (Wildman–Crippen LogP) is 5.76. The van der Waals surface area contributed by atoms with Gasteiger partial charge in [-0.2, -0.15) is 0 Å². The second kappa shape index (κ2) is 18.1. The van der Waals surface area contributed by atoms with E-state index in [1.165, 1.54) is 13.4 Å². The maximum atomic E-state index is 13.3. The van der Waals surface area contributed by atoms with Crippen LogP contribution in [-0.4, -0.2) is 92.8 Å². The Bertz CT molecular complexity index is 2530. The number of benzene rings is 4. The van der Waals surface area contributed by atoms with Gasteiger partial charge in [0.15, 0.2) is 17.0 Å². The highest BCUT2D eigenvalue weighted by molar-refractivity contribution is 6.06. The van der Waals surface area contributed by atoms with Gasteiger partial charge >= 0.3 is 5.97 Å². The fourth-order valence-corrected chi connectivity index (χ4v) is 7.97. The number of aryl methyl sites for hydroxylation is 2. The number of nitrogens with zero attached hydrogens (tertiary/aromatic N) is 6. The van der Waals surface area contributed by atoms with Gasteiger partial charge in [-0.3, -0.25) is 9.36 Å². The average Bonchev–Trinajstić information content (AvgIpc) is 4.04. The van der Waals surface area contributed by atoms with Crippen LogP contribution in [0.3, 0.4) is 0 Å². The molecule has 15 heteroatoms. The van der Waals surface area contributed by atoms with E-state index in [1.54, 1.807) is 38.5 Å². The number of carbonyl (C=O) groups excluding carboxylic acids is 2. The third-order valence-corrected chi connectivity index (χ3v) is 10.8. The van der Waals surface area contributed by atoms with Gasteiger partial charge in [-0.15, -0.1) is 0 Å². The van der Waals surface area contributed by atoms with E-state index < -0.39 is 29.9 Å². The van der Waals surface area contributed by atoms with E-state index in [4.69, 9.17) is 33.7 Å². The monoisotopic (exact) mass is 823 g/mol. The Morgan fingerprint density at radius 1 is 0.820 bits per heavy atom. The summed E-state index contributed by atoms with van der Waals surface area (Å²) in [5.74, 6) is 1.31. The smallest absolute Gasteiger partial charge is 0.332 e. The zero-order chi connectivity index (χ0) is 42.3. The van der Waals surface area contributed by atoms with Crippen molar-refractivity contribution in [3.63, 3.8) is 0 Å². The highest BCUT2D eigenvalue weighted by atomic mass is 16.6. The van der Waals surface area contributed by atoms with Crippen molar-refractivity contribution in [2.24, 2.45) is 0 Å². The number of hydrogen-bond donors (Lipinski definition) is 2. The standard InChI is InChI=1S/C46H45N7O8/c1-57-27-41(55)61-37-24-40(60-38(37)26-54)53-39(50-42-43(47-28-48-44(42)53)51-45(56)30-10-6-4-7-11-30)23-18-34-25-52(29-49-34)46(31-12-8-5-9-13-31,32-14-19-35(58-2)20-15-32)33-16-21-36(59-3)22-17-33/h4-17,19-22,25,28-29,37-38,40,54H,18,23-24,26-27H2,1-3H3,(H,47,48,51,56)/t37-,38+,40+/m0/s1. The number of hydrogen-bond acceptors (Lipinski definition) is 12. The number of rotatable bonds is 16. The lowest BCUT2D eigenvalue weighted by atomic mass is 9.76. The van der Waals surface area contributed by atoms with Crippen LogP contribution >= 0.6 is 0 Å². The van der Waals surface area contributed by atoms with Crippen molar-refractivity contribution in [2.75, 3.05) is 39.9 Å². The molecule has 312 valence electrons. The second-order valence-corrected chi connectivity index (χ2v) is 14.4. The lowest BCUT2D eigenvalue weighted by molar-refractivity contribution is -0.157. The molecule has 15 nitrogen and oxygen atoms in total. The number of carbonyl (C=O) groups is 2. The minimum atomic E-state index is -0.855. The number of anilines is 1. The van der Waals surface area contributed by atoms with Gasteiger partial charge in [-0.25, -0.2) is 24.7 Å². The van der Waals surface area contributed by atoms with Crippen LogP contribution < -0.4 is 14.8 Å². The van der Waals surface area contributed by atoms with Crippen LogP contribution in [0.1, 0.15) is 51.2 Å². The van der Waals surface area contributed by atoms with Gasteiger partial charge in [0, 0.05) is 31.7 Å². The SMILES string of the molecule is COCC(=O)O[C@H]1C[C@H](n2c(CCc3cn(C(c4ccccc4)(c4ccc(OC)cc4)c4ccc(OC)cc4)cn3)nc3c(NC(=O)c4ccccc4)ncnc32)O[C@@H]1CO. The maximum absolute atomic E-state index is 13.3. The molecular formula is C46H45N7O8. The number of amides is 1. The molecule has 1 saturated heterocycles. The zero-order valence-corrected chi connectivity index (χ0v) is 33.9. The first-order valence-corrected chi connectivity index (χ1v) is 19.8. The molecule has 0 radical (unpaired) electrons. The van der Waals surface area contributed by atoms with Gasteiger partial charge < -0.3 is 38.7 Å². The first-order valence-electron chi connectivity index (χ1n) is 19.8. The van der Waals surface area contributed by atoms with Gasteiger partial charge in [0.05, 0.1) is 32.8 Å². The Labute approximate surface area is 351 Å². The topological polar surface area (TPSA) is 174 Å². The summed E-state index contributed by atoms with van der Waals surface area (Å²) < 4.78 is 32.0. The summed E-state index contributed by atoms with van der Waals surface area (Å²) in [5, 5.41) is 13.2. The normalized spacial score (nSPS) is 16.4. The molecule has 2 N–H and O–H groups in total. The highest BCUT2D eigenvalue weighted by Gasteiger charge is 2.41. The van der Waals surface area contributed by atoms with Crippen molar-refractivity contribution in [1.29, 1.82) is 0 Å². The summed E-state index contributed by atoms with van der Waals surface area (Å²) in [6.07, 6.45) is 3.92. The largest absolute Gasteiger partial charge is 0.497 e. The first-order chi connectivity index (χ1) is 29.9. The van der Waals surface area contributed by atoms with Crippen molar-refractivity contribution < 1.29 is 38.4 Å². The van der Waals surface area contributed by atoms with Crippen molar-refractivity contribution in [3.8, 4) is 11.5 Å². The summed E-state index contributed by atoms with van der Waals surface area (Å²) in [4.78, 5) is 44.8. The Morgan fingerprint density at radius 3 is 2.08 bits per heavy atom. The maximum Gasteiger partial charge on any atom is 0.332 e. The molecule has 0 saturated carbocycles. The van der Waals surface area contributed by atoms with E-state index in [2.05, 4.69) is 56.3 Å². The molecule has 0 aliphatic carbocycles. The average molecular weight is 824 g/mol. The summed E-state index contributed by atoms with van der Waals surface area (Å²) in [6, 6.07) is 35.1. The first kappa shape index (κ1) is 40.8. The molecular weight excluding hydrogens is 779 g/mol. The molecule has 61 heavy (non-hydrogen) atoms. The van der Waals surface area contributed by atoms with E-state index in [9.17, 15) is 14.7 Å². The number of methoxy groups -OCH3 is 3. The summed E-state index contributed by atoms with van der Waals surface area (Å²) in [6.45, 7) is -0.634. The number of aliphatic hydroxyl groups is 1. The van der Waals surface area contributed by atoms with Crippen molar-refractivity contribution >= 4 is 28.9 Å². The number of ether oxygens (including phenoxy) is 5. The summed E-state index contributed by atoms with van der Waals surface area (Å²) in [5.41, 5.74) is 4.09. The third-order valence-electron chi connectivity index (χ3n) is 10.8. The third kappa shape index (κ3) is 8.18. The van der Waals surface area contributed by atoms with Crippen molar-refractivity contribution in [2.45, 2.75) is 43.2 Å². The van der Waals surface area contributed by atoms with Crippen LogP contribution in [0, 0.1) is 0 Å². The fourth-order valence-electron chi connectivity index (χ4n) is 7.97. The van der Waals surface area contributed by atoms with Gasteiger partial charge in [-0.05, 0) is 59.5 Å². The summed E-state index contributed by atoms with van der Waals surface area (Å²) >= 11 is 0. The van der Waals surface area contributed by atoms with Crippen LogP contribution in [0.2, 0.25) is 0 Å². The van der Waals surface area contributed by atoms with E-state index in [0.29, 0.717) is 35.4 Å². The zero-order valence-electron chi connectivity index (χ0n) is 33.9. The molecule has 1 fully saturated rings. The van der Waals surface area contributed by atoms with E-state index >= 15 is 0 Å². The van der Waals surface area contributed by atoms with Crippen LogP contribution in [-0.2, 0) is 37.4 Å². The molecule has 0 spiro atoms. The number of esters is 1. The lowest BCUT2D eigenvalue weighted by Crippen LogP contribution is -2.37. The molecule has 8 rings (SSSR count). The van der Waals surface area contributed by atoms with Crippen molar-refractivity contribution in [1.82, 2.24) is 29.1 Å². The molecule has 7 aromatic rings. The summed E-state index contributed by atoms with van der Waals surface area (Å²) in [7, 11) is 4.69. The molecule has 0 bridgehead atoms. The number of aromatic nitrogens is 6. The highest BCUT2D eigenvalue weighted by Crippen LogP contribution is 2.42. The van der Waals surface area contributed by atoms with Crippen LogP contribution in [0.25, 0.3) is 11.2 Å². The Balaban J connectivity index is 1.18. The molecule has 0 unspecified atom stereocenters. The molecule has 1 aliphatic rings. The quantitative estimate of drug-likeness (QED) is 0.0893. The molecule has 4 heterocycles. The van der Waals surface area contributed by atoms with Crippen LogP contribution in [0.5, 0.6) is 11.5 Å². The van der Waals surface area contributed by atoms with Gasteiger partial charge in [-0.1, -0.05) is 72.8 Å². The number of imidazole rings is 2. The van der Waals surface area contributed by atoms with Crippen LogP contribution in [0.4, 0.5) is 5.82 Å². The second-order valence-electron chi connectivity index (χ2n) is 14.4. The van der Waals surface area contributed by atoms with Crippen molar-refractivity contribution in [3.05, 3.63) is 162 Å². The Morgan fingerprint density at radius 2 is 1.46 bits per heavy atom. The van der Waals surface area contributed by atoms with E-state index in [-0.39, 0.29) is 31.4 Å². The molecule has 4 aromatic carbocycles. The Kier molecular flexibility index (Phi) is 12.1. The number of fused-ring (bicyclic) bond motifs is 1. The molecule has 3 aromatic heterocycles. The predicted molar refractivity (Wildman–Crippen MR) is 224 cm³/mol. The van der Waals surface area contributed by atoms with Gasteiger partial charge in [0.2, 0.25) is 0 Å². The van der Waals surface area contributed by atoms with E-state index in [1.807, 2.05) is 65.6 Å². The number of aliphatic hydroxyl groups excluding tert-OH is 1. The van der Waals surface area contributed by atoms with E-state index in [0.717, 1.165) is 33.9 Å². The minimum absolute atomic E-state index is 0.201. The molecule has 3 atom stereocenters. The van der Waals surface area contributed by atoms with Crippen LogP contribution in [0.15, 0.2) is 128 Å². The number of nitrogens with one attached hydrogen (secondary N) is 1. The fraction of sp³-hybridized carbons (Fsp3) is 0.261. The molecule has 1 aliphatic heterocycles. The van der Waals surface area contributed by atoms with Gasteiger partial charge in [0.1, 0.15) is 54.2 Å². The van der Waals surface area contributed by atoms with Gasteiger partial charge in [0.25, 0.3) is 5.91 Å². The Hall–Kier alpha value is -6.94. The lowest BCUT2D eigenvalue weighted by Gasteiger charge is -2.37. The minimum Gasteiger partial charge on any atom is -0.497 e.